The van der Waals surface area contributed by atoms with Crippen LogP contribution in [0.15, 0.2) is 83.9 Å². The average Bonchev–Trinajstić information content (AvgIpc) is 3.00. The Morgan fingerprint density at radius 3 is 1.64 bits per heavy atom. The number of carbonyl (C=O) groups excluding carboxylic acids is 2. The van der Waals surface area contributed by atoms with Crippen molar-refractivity contribution in [3.63, 3.8) is 0 Å². The standard InChI is InChI=1S/C13H22S.C10H13NO.C5H10.2C3H8.C3H6.C2H6.CH2O/c1-7-9-14-12(6)13(10(3)4)11(5)8-2;1-8-4-3-5-9(6-8)7-10(12)11-2;1-3-5-4-2;3*1-3-2;2*1-2/h8H,6-7,9H2,1-5H3;3-6H,7H2,1-2H3,(H,11,12);3H,1,4-5H2,2H3;2*3H2,1-2H3;3H,1H2,2H3;1-2H3;1H2/b11-8-;;;;;;;. The Labute approximate surface area is 281 Å². The topological polar surface area (TPSA) is 46.2 Å². The molecule has 0 spiro atoms. The van der Waals surface area contributed by atoms with Gasteiger partial charge in [-0.2, -0.15) is 0 Å². The van der Waals surface area contributed by atoms with E-state index in [-0.39, 0.29) is 5.91 Å². The summed E-state index contributed by atoms with van der Waals surface area (Å²) in [7, 11) is 1.65. The van der Waals surface area contributed by atoms with Gasteiger partial charge in [0.1, 0.15) is 6.79 Å². The molecule has 0 aliphatic carbocycles. The van der Waals surface area contributed by atoms with Crippen LogP contribution in [0.1, 0.15) is 133 Å². The Balaban J connectivity index is -0.0000000818. The van der Waals surface area contributed by atoms with Crippen LogP contribution in [-0.2, 0) is 16.0 Å². The van der Waals surface area contributed by atoms with E-state index < -0.39 is 0 Å². The van der Waals surface area contributed by atoms with Gasteiger partial charge in [0, 0.05) is 12.0 Å². The number of nitrogens with one attached hydrogen (secondary N) is 1. The van der Waals surface area contributed by atoms with E-state index in [9.17, 15) is 4.79 Å². The van der Waals surface area contributed by atoms with Crippen LogP contribution in [0.4, 0.5) is 0 Å². The first kappa shape index (κ1) is 57.1. The summed E-state index contributed by atoms with van der Waals surface area (Å²) in [5.41, 5.74) is 6.28. The molecule has 4 heteroatoms. The highest BCUT2D eigenvalue weighted by atomic mass is 32.2. The summed E-state index contributed by atoms with van der Waals surface area (Å²) in [4.78, 5) is 20.2. The number of allylic oxidation sites excluding steroid dienone is 6. The predicted octanol–water partition coefficient (Wildman–Crippen LogP) is 13.1. The zero-order chi connectivity index (χ0) is 36.4. The van der Waals surface area contributed by atoms with Crippen molar-refractivity contribution in [1.82, 2.24) is 5.32 Å². The van der Waals surface area contributed by atoms with Crippen molar-refractivity contribution in [2.24, 2.45) is 0 Å². The van der Waals surface area contributed by atoms with Crippen molar-refractivity contribution in [1.29, 1.82) is 0 Å². The van der Waals surface area contributed by atoms with E-state index in [0.29, 0.717) is 6.42 Å². The first-order valence-electron chi connectivity index (χ1n) is 16.3. The Bertz CT molecular complexity index is 816. The fraction of sp³-hybridized carbons (Fsp3) is 0.550. The molecule has 0 bridgehead atoms. The van der Waals surface area contributed by atoms with Gasteiger partial charge < -0.3 is 10.1 Å². The van der Waals surface area contributed by atoms with E-state index >= 15 is 0 Å². The molecule has 1 N–H and O–H groups in total. The SMILES string of the molecule is C=C(SCCC)C(=C(C)C)/C(C)=C\C.C=CC.C=CCCC.C=O.CC.CCC.CCC.CNC(=O)Cc1cccc(C)c1. The third kappa shape index (κ3) is 52.1. The number of rotatable bonds is 9. The summed E-state index contributed by atoms with van der Waals surface area (Å²) in [5, 5.41) is 2.59. The van der Waals surface area contributed by atoms with Crippen LogP contribution >= 0.6 is 11.8 Å². The Morgan fingerprint density at radius 2 is 1.36 bits per heavy atom. The molecule has 44 heavy (non-hydrogen) atoms. The lowest BCUT2D eigenvalue weighted by atomic mass is 10.0. The fourth-order valence-corrected chi connectivity index (χ4v) is 3.59. The van der Waals surface area contributed by atoms with E-state index in [2.05, 4.69) is 100 Å². The molecular weight excluding hydrogens is 559 g/mol. The Hall–Kier alpha value is -2.59. The highest BCUT2D eigenvalue weighted by molar-refractivity contribution is 8.03. The van der Waals surface area contributed by atoms with Crippen molar-refractivity contribution in [3.05, 3.63) is 95.0 Å². The van der Waals surface area contributed by atoms with Crippen LogP contribution in [0.25, 0.3) is 0 Å². The normalized spacial score (nSPS) is 8.39. The fourth-order valence-electron chi connectivity index (χ4n) is 2.63. The van der Waals surface area contributed by atoms with Gasteiger partial charge in [-0.15, -0.1) is 24.9 Å². The lowest BCUT2D eigenvalue weighted by Crippen LogP contribution is -2.19. The lowest BCUT2D eigenvalue weighted by molar-refractivity contribution is -0.119. The summed E-state index contributed by atoms with van der Waals surface area (Å²) in [6.45, 7) is 42.3. The van der Waals surface area contributed by atoms with Crippen molar-refractivity contribution >= 4 is 24.5 Å². The largest absolute Gasteiger partial charge is 0.359 e. The quantitative estimate of drug-likeness (QED) is 0.217. The molecule has 258 valence electrons. The molecule has 1 aromatic rings. The van der Waals surface area contributed by atoms with Gasteiger partial charge in [0.15, 0.2) is 0 Å². The number of carbonyl (C=O) groups is 2. The highest BCUT2D eigenvalue weighted by Crippen LogP contribution is 2.30. The second-order valence-corrected chi connectivity index (χ2v) is 10.5. The molecule has 1 aromatic carbocycles. The van der Waals surface area contributed by atoms with E-state index in [4.69, 9.17) is 4.79 Å². The molecule has 0 radical (unpaired) electrons. The van der Waals surface area contributed by atoms with Gasteiger partial charge in [-0.05, 0) is 76.8 Å². The van der Waals surface area contributed by atoms with E-state index in [1.54, 1.807) is 13.1 Å². The average molecular weight is 634 g/mol. The van der Waals surface area contributed by atoms with Crippen LogP contribution in [0.5, 0.6) is 0 Å². The van der Waals surface area contributed by atoms with Gasteiger partial charge in [0.05, 0.1) is 6.42 Å². The molecular formula is C40H75NO2S. The lowest BCUT2D eigenvalue weighted by Gasteiger charge is -2.13. The highest BCUT2D eigenvalue weighted by Gasteiger charge is 2.06. The van der Waals surface area contributed by atoms with E-state index in [0.717, 1.165) is 17.7 Å². The smallest absolute Gasteiger partial charge is 0.224 e. The first-order valence-corrected chi connectivity index (χ1v) is 17.3. The third-order valence-corrected chi connectivity index (χ3v) is 5.47. The number of amides is 1. The molecule has 0 heterocycles. The molecule has 0 atom stereocenters. The number of aryl methyl sites for hydroxylation is 1. The molecule has 0 saturated carbocycles. The van der Waals surface area contributed by atoms with Crippen LogP contribution < -0.4 is 5.32 Å². The monoisotopic (exact) mass is 634 g/mol. The summed E-state index contributed by atoms with van der Waals surface area (Å²) >= 11 is 1.86. The minimum Gasteiger partial charge on any atom is -0.359 e. The van der Waals surface area contributed by atoms with Crippen molar-refractivity contribution in [2.45, 2.75) is 135 Å². The molecule has 0 saturated heterocycles. The number of hydrogen-bond acceptors (Lipinski definition) is 3. The zero-order valence-corrected chi connectivity index (χ0v) is 32.9. The van der Waals surface area contributed by atoms with Gasteiger partial charge in [0.2, 0.25) is 5.91 Å². The summed E-state index contributed by atoms with van der Waals surface area (Å²) in [5.74, 6) is 1.22. The summed E-state index contributed by atoms with van der Waals surface area (Å²) < 4.78 is 0. The van der Waals surface area contributed by atoms with Crippen molar-refractivity contribution < 1.29 is 9.59 Å². The maximum absolute atomic E-state index is 11.0. The maximum Gasteiger partial charge on any atom is 0.224 e. The van der Waals surface area contributed by atoms with Gasteiger partial charge in [-0.1, -0.05) is 135 Å². The molecule has 0 aliphatic heterocycles. The van der Waals surface area contributed by atoms with Gasteiger partial charge in [-0.25, -0.2) is 0 Å². The second kappa shape index (κ2) is 53.0. The van der Waals surface area contributed by atoms with Crippen LogP contribution in [0.2, 0.25) is 0 Å². The number of thioether (sulfide) groups is 1. The van der Waals surface area contributed by atoms with E-state index in [1.807, 2.05) is 76.6 Å². The van der Waals surface area contributed by atoms with E-state index in [1.165, 1.54) is 52.9 Å². The molecule has 0 aliphatic rings. The predicted molar refractivity (Wildman–Crippen MR) is 210 cm³/mol. The van der Waals surface area contributed by atoms with Crippen molar-refractivity contribution in [3.8, 4) is 0 Å². The minimum atomic E-state index is 0.0561. The molecule has 0 aromatic heterocycles. The first-order chi connectivity index (χ1) is 20.9. The molecule has 1 rings (SSSR count). The summed E-state index contributed by atoms with van der Waals surface area (Å²) in [6, 6.07) is 7.97. The van der Waals surface area contributed by atoms with Gasteiger partial charge in [-0.3, -0.25) is 4.79 Å². The Kier molecular flexibility index (Phi) is 68.8. The second-order valence-electron chi connectivity index (χ2n) is 9.36. The molecule has 1 amide bonds. The summed E-state index contributed by atoms with van der Waals surface area (Å²) in [6.07, 6.45) is 12.4. The van der Waals surface area contributed by atoms with Crippen molar-refractivity contribution in [2.75, 3.05) is 12.8 Å². The number of likely N-dealkylation sites (N-methyl/N-ethyl adjacent to an activating group) is 1. The molecule has 3 nitrogen and oxygen atoms in total. The molecule has 0 unspecified atom stereocenters. The van der Waals surface area contributed by atoms with Crippen LogP contribution in [0, 0.1) is 6.92 Å². The number of benzene rings is 1. The van der Waals surface area contributed by atoms with Crippen LogP contribution in [0.3, 0.4) is 0 Å². The van der Waals surface area contributed by atoms with Crippen LogP contribution in [-0.4, -0.2) is 25.5 Å². The maximum atomic E-state index is 11.0. The Morgan fingerprint density at radius 1 is 0.909 bits per heavy atom. The molecule has 0 fully saturated rings. The third-order valence-electron chi connectivity index (χ3n) is 4.31. The van der Waals surface area contributed by atoms with Gasteiger partial charge in [0.25, 0.3) is 0 Å². The minimum absolute atomic E-state index is 0.0561. The van der Waals surface area contributed by atoms with Gasteiger partial charge >= 0.3 is 0 Å². The zero-order valence-electron chi connectivity index (χ0n) is 32.0. The number of hydrogen-bond donors (Lipinski definition) is 1. The number of unbranched alkanes of at least 4 members (excludes halogenated alkanes) is 1.